The Balaban J connectivity index is 1.26. The Labute approximate surface area is 447 Å². The molecule has 2 saturated carbocycles. The summed E-state index contributed by atoms with van der Waals surface area (Å²) >= 11 is 0. The standard InChI is InChI=1S/C57H76N4O15/c1-6-28-68-57(65)59-47-51(73-45(29-38-20-12-8-13-21-38)54(64)71-34-41-26-18-11-19-27-41)48(62)46(35-67-7-2)75-55(47)74-44-31-42(53(63)66-5)30-43(60-61-58)50(44)76-56-52(70-33-40-24-16-10-17-25-40)49(36(3)37(4)72-56)69-32-39-22-14-9-15-23-39/h6,9-11,14-19,22-27,36-38,42-52,55-56,62H,1,7-8,12-13,20-21,28-35H2,2-5H3,(H,59,65)/t36-,37?,42?,43-,44-,45+,46+,47?,48+,49+,50-,51?,52?,55-,56+/m1/s1/i2T. The molecular weight excluding hydrogens is 981 g/mol. The maximum atomic E-state index is 14.3. The zero-order chi connectivity index (χ0) is 54.5. The van der Waals surface area contributed by atoms with Gasteiger partial charge < -0.3 is 62.5 Å². The van der Waals surface area contributed by atoms with Crippen LogP contribution in [0.15, 0.2) is 109 Å². The molecule has 4 aliphatic rings. The number of benzene rings is 3. The van der Waals surface area contributed by atoms with Gasteiger partial charge in [0, 0.05) is 18.8 Å². The van der Waals surface area contributed by atoms with E-state index in [2.05, 4.69) is 21.9 Å². The van der Waals surface area contributed by atoms with Gasteiger partial charge in [-0.2, -0.15) is 0 Å². The van der Waals surface area contributed by atoms with Gasteiger partial charge in [0.1, 0.15) is 43.7 Å². The number of esters is 2. The Morgan fingerprint density at radius 1 is 0.842 bits per heavy atom. The second-order valence-corrected chi connectivity index (χ2v) is 19.9. The van der Waals surface area contributed by atoms with Crippen molar-refractivity contribution < 1.29 is 73.0 Å². The van der Waals surface area contributed by atoms with Crippen molar-refractivity contribution in [1.82, 2.24) is 5.32 Å². The zero-order valence-electron chi connectivity index (χ0n) is 44.8. The molecule has 0 bridgehead atoms. The molecule has 0 spiro atoms. The summed E-state index contributed by atoms with van der Waals surface area (Å²) < 4.78 is 77.7. The molecule has 4 fully saturated rings. The second-order valence-electron chi connectivity index (χ2n) is 19.9. The molecule has 0 radical (unpaired) electrons. The largest absolute Gasteiger partial charge is 0.469 e. The number of azide groups is 1. The van der Waals surface area contributed by atoms with E-state index in [1.165, 1.54) is 13.2 Å². The normalized spacial score (nSPS) is 30.4. The SMILES string of the molecule is [3H]CCOC[C@@H]1O[C@@H](O[C@@H]2CC(C(=O)OC)C[C@@H](N=[N+]=[N-])[C@H]2O[C@@H]2OC(C)[C@@H](C)[C@H](OCc3ccccc3)C2OCc2ccccc2)C(NC(=O)OCC=C)C(O[C@@H](CC2CCCCC2)C(=O)OCc2ccccc2)[C@H]1O. The van der Waals surface area contributed by atoms with Gasteiger partial charge in [-0.1, -0.05) is 148 Å². The fraction of sp³-hybridized carbons (Fsp3) is 0.596. The quantitative estimate of drug-likeness (QED) is 0.0154. The maximum Gasteiger partial charge on any atom is 0.407 e. The summed E-state index contributed by atoms with van der Waals surface area (Å²) in [5.41, 5.74) is 12.7. The molecule has 76 heavy (non-hydrogen) atoms. The third kappa shape index (κ3) is 16.3. The second kappa shape index (κ2) is 29.9. The van der Waals surface area contributed by atoms with Crippen LogP contribution in [0.5, 0.6) is 0 Å². The summed E-state index contributed by atoms with van der Waals surface area (Å²) in [5, 5.41) is 19.3. The molecule has 3 aromatic carbocycles. The van der Waals surface area contributed by atoms with E-state index >= 15 is 0 Å². The van der Waals surface area contributed by atoms with Crippen LogP contribution >= 0.6 is 0 Å². The van der Waals surface area contributed by atoms with Crippen molar-refractivity contribution in [2.45, 2.75) is 172 Å². The zero-order valence-corrected chi connectivity index (χ0v) is 43.8. The fourth-order valence-electron chi connectivity index (χ4n) is 10.5. The van der Waals surface area contributed by atoms with E-state index in [4.69, 9.17) is 53.5 Å². The first-order chi connectivity index (χ1) is 37.5. The van der Waals surface area contributed by atoms with Crippen molar-refractivity contribution in [1.29, 1.82) is 0 Å². The highest BCUT2D eigenvalue weighted by Gasteiger charge is 2.54. The predicted octanol–water partition coefficient (Wildman–Crippen LogP) is 8.44. The Morgan fingerprint density at radius 3 is 2.11 bits per heavy atom. The summed E-state index contributed by atoms with van der Waals surface area (Å²) in [5.74, 6) is -2.27. The van der Waals surface area contributed by atoms with Crippen molar-refractivity contribution in [3.05, 3.63) is 131 Å². The summed E-state index contributed by atoms with van der Waals surface area (Å²) in [4.78, 5) is 44.9. The Morgan fingerprint density at radius 2 is 1.49 bits per heavy atom. The van der Waals surface area contributed by atoms with Crippen molar-refractivity contribution in [3.63, 3.8) is 0 Å². The molecule has 2 heterocycles. The Bertz CT molecular complexity index is 2320. The van der Waals surface area contributed by atoms with Crippen LogP contribution in [0.3, 0.4) is 0 Å². The molecule has 15 atom stereocenters. The lowest BCUT2D eigenvalue weighted by Crippen LogP contribution is -2.67. The first-order valence-electron chi connectivity index (χ1n) is 27.2. The summed E-state index contributed by atoms with van der Waals surface area (Å²) in [6.45, 7) is 7.42. The molecule has 19 heteroatoms. The highest BCUT2D eigenvalue weighted by atomic mass is 16.7. The number of nitrogens with one attached hydrogen (secondary N) is 1. The van der Waals surface area contributed by atoms with Crippen LogP contribution in [0, 0.1) is 17.8 Å². The molecule has 1 amide bonds. The average molecular weight is 1060 g/mol. The van der Waals surface area contributed by atoms with E-state index in [1.807, 2.05) is 105 Å². The predicted molar refractivity (Wildman–Crippen MR) is 277 cm³/mol. The molecule has 2 aliphatic carbocycles. The number of hydrogen-bond acceptors (Lipinski definition) is 16. The minimum Gasteiger partial charge on any atom is -0.469 e. The number of alkyl carbamates (subject to hydrolysis) is 1. The van der Waals surface area contributed by atoms with Gasteiger partial charge in [-0.25, -0.2) is 9.59 Å². The fourth-order valence-corrected chi connectivity index (χ4v) is 10.5. The number of amides is 1. The van der Waals surface area contributed by atoms with Gasteiger partial charge in [0.05, 0.1) is 63.3 Å². The first-order valence-corrected chi connectivity index (χ1v) is 26.5. The van der Waals surface area contributed by atoms with Gasteiger partial charge in [0.15, 0.2) is 18.7 Å². The molecule has 2 saturated heterocycles. The third-order valence-electron chi connectivity index (χ3n) is 14.7. The highest BCUT2D eigenvalue weighted by Crippen LogP contribution is 2.40. The summed E-state index contributed by atoms with van der Waals surface area (Å²) in [7, 11) is 1.25. The lowest BCUT2D eigenvalue weighted by molar-refractivity contribution is -0.339. The van der Waals surface area contributed by atoms with Gasteiger partial charge >= 0.3 is 18.0 Å². The Hall–Kier alpha value is -5.44. The molecule has 0 aromatic heterocycles. The minimum absolute atomic E-state index is 0.00747. The molecular formula is C57H76N4O15. The lowest BCUT2D eigenvalue weighted by atomic mass is 9.81. The van der Waals surface area contributed by atoms with Crippen molar-refractivity contribution in [2.24, 2.45) is 22.9 Å². The Kier molecular flexibility index (Phi) is 22.3. The van der Waals surface area contributed by atoms with Crippen LogP contribution < -0.4 is 5.32 Å². The van der Waals surface area contributed by atoms with Crippen molar-refractivity contribution >= 4 is 18.0 Å². The van der Waals surface area contributed by atoms with E-state index in [-0.39, 0.29) is 77.6 Å². The molecule has 5 unspecified atom stereocenters. The monoisotopic (exact) mass is 1060 g/mol. The number of carbonyl (C=O) groups is 3. The summed E-state index contributed by atoms with van der Waals surface area (Å²) in [6.07, 6.45) is -7.23. The number of aliphatic hydroxyl groups is 1. The summed E-state index contributed by atoms with van der Waals surface area (Å²) in [6, 6.07) is 26.0. The number of aliphatic hydroxyl groups excluding tert-OH is 1. The first kappa shape index (κ1) is 56.8. The average Bonchev–Trinajstić information content (AvgIpc) is 3.45. The van der Waals surface area contributed by atoms with E-state index < -0.39 is 104 Å². The van der Waals surface area contributed by atoms with Crippen LogP contribution in [0.25, 0.3) is 10.4 Å². The smallest absolute Gasteiger partial charge is 0.407 e. The van der Waals surface area contributed by atoms with Crippen LogP contribution in [0.4, 0.5) is 4.79 Å². The molecule has 414 valence electrons. The number of methoxy groups -OCH3 is 1. The number of ether oxygens (including phenoxy) is 11. The molecule has 7 rings (SSSR count). The van der Waals surface area contributed by atoms with Crippen molar-refractivity contribution in [3.8, 4) is 0 Å². The topological polar surface area (TPSA) is 234 Å². The highest BCUT2D eigenvalue weighted by molar-refractivity contribution is 5.75. The van der Waals surface area contributed by atoms with E-state index in [9.17, 15) is 25.0 Å². The molecule has 2 aliphatic heterocycles. The minimum atomic E-state index is -1.58. The number of rotatable bonds is 25. The third-order valence-corrected chi connectivity index (χ3v) is 14.7. The van der Waals surface area contributed by atoms with Gasteiger partial charge in [-0.05, 0) is 61.2 Å². The van der Waals surface area contributed by atoms with Crippen molar-refractivity contribution in [2.75, 3.05) is 26.9 Å². The maximum absolute atomic E-state index is 14.3. The van der Waals surface area contributed by atoms with Gasteiger partial charge in [-0.3, -0.25) is 4.79 Å². The van der Waals surface area contributed by atoms with E-state index in [0.717, 1.165) is 48.8 Å². The van der Waals surface area contributed by atoms with Gasteiger partial charge in [-0.15, -0.1) is 0 Å². The number of nitrogens with zero attached hydrogens (tertiary/aromatic N) is 3. The van der Waals surface area contributed by atoms with Crippen LogP contribution in [-0.2, 0) is 81.5 Å². The number of carbonyl (C=O) groups excluding carboxylic acids is 3. The van der Waals surface area contributed by atoms with Gasteiger partial charge in [0.2, 0.25) is 0 Å². The van der Waals surface area contributed by atoms with Gasteiger partial charge in [0.25, 0.3) is 0 Å². The molecule has 2 N–H and O–H groups in total. The van der Waals surface area contributed by atoms with Crippen LogP contribution in [0.2, 0.25) is 0 Å². The number of hydrogen-bond donors (Lipinski definition) is 2. The molecule has 3 aromatic rings. The van der Waals surface area contributed by atoms with E-state index in [1.54, 1.807) is 0 Å². The van der Waals surface area contributed by atoms with Crippen LogP contribution in [0.1, 0.15) is 90.2 Å². The van der Waals surface area contributed by atoms with Crippen LogP contribution in [-0.4, -0.2) is 130 Å². The van der Waals surface area contributed by atoms with E-state index in [0.29, 0.717) is 0 Å². The molecule has 19 nitrogen and oxygen atoms in total. The lowest BCUT2D eigenvalue weighted by Gasteiger charge is -2.49.